The SMILES string of the molecule is COc1cccc(SC(C)C(=O)N2CCC(C)CC2)c1. The maximum Gasteiger partial charge on any atom is 0.235 e. The van der Waals surface area contributed by atoms with Crippen LogP contribution in [-0.4, -0.2) is 36.3 Å². The lowest BCUT2D eigenvalue weighted by Crippen LogP contribution is -2.41. The molecule has 110 valence electrons. The van der Waals surface area contributed by atoms with Gasteiger partial charge in [-0.05, 0) is 43.9 Å². The molecule has 1 saturated heterocycles. The highest BCUT2D eigenvalue weighted by molar-refractivity contribution is 8.00. The van der Waals surface area contributed by atoms with Gasteiger partial charge >= 0.3 is 0 Å². The Morgan fingerprint density at radius 2 is 2.10 bits per heavy atom. The monoisotopic (exact) mass is 293 g/mol. The Morgan fingerprint density at radius 3 is 2.75 bits per heavy atom. The molecule has 0 radical (unpaired) electrons. The first kappa shape index (κ1) is 15.2. The summed E-state index contributed by atoms with van der Waals surface area (Å²) in [5, 5.41) is -0.0458. The maximum atomic E-state index is 12.4. The van der Waals surface area contributed by atoms with Crippen LogP contribution in [0.1, 0.15) is 26.7 Å². The first-order valence-electron chi connectivity index (χ1n) is 7.19. The number of amides is 1. The zero-order valence-electron chi connectivity index (χ0n) is 12.5. The molecule has 0 bridgehead atoms. The van der Waals surface area contributed by atoms with Crippen molar-refractivity contribution in [2.24, 2.45) is 5.92 Å². The molecule has 1 unspecified atom stereocenters. The van der Waals surface area contributed by atoms with E-state index in [1.807, 2.05) is 36.1 Å². The van der Waals surface area contributed by atoms with E-state index in [1.54, 1.807) is 18.9 Å². The first-order valence-corrected chi connectivity index (χ1v) is 8.07. The molecule has 2 rings (SSSR count). The molecule has 1 atom stereocenters. The lowest BCUT2D eigenvalue weighted by molar-refractivity contribution is -0.131. The molecule has 1 amide bonds. The average molecular weight is 293 g/mol. The van der Waals surface area contributed by atoms with Crippen molar-refractivity contribution in [1.29, 1.82) is 0 Å². The number of hydrogen-bond acceptors (Lipinski definition) is 3. The Hall–Kier alpha value is -1.16. The Kier molecular flexibility index (Phi) is 5.35. The standard InChI is InChI=1S/C16H23NO2S/c1-12-7-9-17(10-8-12)16(18)13(2)20-15-6-4-5-14(11-15)19-3/h4-6,11-13H,7-10H2,1-3H3. The molecule has 0 saturated carbocycles. The molecule has 1 aliphatic rings. The number of piperidine rings is 1. The highest BCUT2D eigenvalue weighted by atomic mass is 32.2. The number of hydrogen-bond donors (Lipinski definition) is 0. The van der Waals surface area contributed by atoms with Crippen molar-refractivity contribution >= 4 is 17.7 Å². The van der Waals surface area contributed by atoms with Gasteiger partial charge in [0.1, 0.15) is 5.75 Å². The van der Waals surface area contributed by atoms with Gasteiger partial charge in [0.05, 0.1) is 12.4 Å². The third-order valence-corrected chi connectivity index (χ3v) is 4.88. The van der Waals surface area contributed by atoms with Crippen molar-refractivity contribution < 1.29 is 9.53 Å². The summed E-state index contributed by atoms with van der Waals surface area (Å²) in [5.74, 6) is 1.84. The fourth-order valence-corrected chi connectivity index (χ4v) is 3.41. The Bertz CT molecular complexity index is 456. The fourth-order valence-electron chi connectivity index (χ4n) is 2.42. The first-order chi connectivity index (χ1) is 9.60. The zero-order chi connectivity index (χ0) is 14.5. The van der Waals surface area contributed by atoms with E-state index in [4.69, 9.17) is 4.74 Å². The minimum atomic E-state index is -0.0458. The van der Waals surface area contributed by atoms with Crippen LogP contribution in [0.5, 0.6) is 5.75 Å². The van der Waals surface area contributed by atoms with Crippen LogP contribution in [0.25, 0.3) is 0 Å². The molecule has 0 spiro atoms. The number of benzene rings is 1. The number of likely N-dealkylation sites (tertiary alicyclic amines) is 1. The van der Waals surface area contributed by atoms with Crippen molar-refractivity contribution in [2.45, 2.75) is 36.8 Å². The Balaban J connectivity index is 1.93. The molecule has 1 heterocycles. The predicted octanol–water partition coefficient (Wildman–Crippen LogP) is 3.43. The molecule has 1 aliphatic heterocycles. The Labute approximate surface area is 125 Å². The van der Waals surface area contributed by atoms with Crippen LogP contribution in [0, 0.1) is 5.92 Å². The number of carbonyl (C=O) groups is 1. The summed E-state index contributed by atoms with van der Waals surface area (Å²) < 4.78 is 5.22. The van der Waals surface area contributed by atoms with E-state index in [0.717, 1.165) is 42.5 Å². The molecule has 4 heteroatoms. The summed E-state index contributed by atoms with van der Waals surface area (Å²) in [6, 6.07) is 7.88. The van der Waals surface area contributed by atoms with Crippen LogP contribution >= 0.6 is 11.8 Å². The topological polar surface area (TPSA) is 29.5 Å². The second-order valence-corrected chi connectivity index (χ2v) is 6.86. The van der Waals surface area contributed by atoms with E-state index in [-0.39, 0.29) is 11.2 Å². The molecule has 0 aromatic heterocycles. The summed E-state index contributed by atoms with van der Waals surface area (Å²) in [4.78, 5) is 15.5. The lowest BCUT2D eigenvalue weighted by Gasteiger charge is -2.32. The molecule has 1 aromatic carbocycles. The number of methoxy groups -OCH3 is 1. The quantitative estimate of drug-likeness (QED) is 0.797. The minimum absolute atomic E-state index is 0.0458. The molecule has 3 nitrogen and oxygen atoms in total. The second-order valence-electron chi connectivity index (χ2n) is 5.45. The molecule has 0 N–H and O–H groups in total. The summed E-state index contributed by atoms with van der Waals surface area (Å²) >= 11 is 1.60. The summed E-state index contributed by atoms with van der Waals surface area (Å²) in [6.07, 6.45) is 2.25. The van der Waals surface area contributed by atoms with Crippen LogP contribution < -0.4 is 4.74 Å². The smallest absolute Gasteiger partial charge is 0.235 e. The van der Waals surface area contributed by atoms with E-state index in [9.17, 15) is 4.79 Å². The second kappa shape index (κ2) is 7.02. The third kappa shape index (κ3) is 3.92. The number of nitrogens with zero attached hydrogens (tertiary/aromatic N) is 1. The van der Waals surface area contributed by atoms with Crippen molar-refractivity contribution in [3.63, 3.8) is 0 Å². The van der Waals surface area contributed by atoms with E-state index in [0.29, 0.717) is 0 Å². The number of thioether (sulfide) groups is 1. The molecule has 0 aliphatic carbocycles. The average Bonchev–Trinajstić information content (AvgIpc) is 2.47. The molecule has 1 aromatic rings. The van der Waals surface area contributed by atoms with E-state index >= 15 is 0 Å². The van der Waals surface area contributed by atoms with E-state index in [1.165, 1.54) is 0 Å². The zero-order valence-corrected chi connectivity index (χ0v) is 13.3. The van der Waals surface area contributed by atoms with Crippen LogP contribution in [0.3, 0.4) is 0 Å². The number of rotatable bonds is 4. The van der Waals surface area contributed by atoms with Gasteiger partial charge in [-0.3, -0.25) is 4.79 Å². The van der Waals surface area contributed by atoms with Gasteiger partial charge in [-0.1, -0.05) is 13.0 Å². The lowest BCUT2D eigenvalue weighted by atomic mass is 9.99. The molecular weight excluding hydrogens is 270 g/mol. The van der Waals surface area contributed by atoms with Gasteiger partial charge in [-0.2, -0.15) is 0 Å². The van der Waals surface area contributed by atoms with Gasteiger partial charge in [0.2, 0.25) is 5.91 Å². The Morgan fingerprint density at radius 1 is 1.40 bits per heavy atom. The van der Waals surface area contributed by atoms with E-state index < -0.39 is 0 Å². The van der Waals surface area contributed by atoms with Crippen molar-refractivity contribution in [3.8, 4) is 5.75 Å². The van der Waals surface area contributed by atoms with Crippen molar-refractivity contribution in [2.75, 3.05) is 20.2 Å². The van der Waals surface area contributed by atoms with Gasteiger partial charge in [0.15, 0.2) is 0 Å². The highest BCUT2D eigenvalue weighted by Crippen LogP contribution is 2.28. The van der Waals surface area contributed by atoms with Crippen LogP contribution in [-0.2, 0) is 4.79 Å². The molecule has 1 fully saturated rings. The highest BCUT2D eigenvalue weighted by Gasteiger charge is 2.24. The van der Waals surface area contributed by atoms with E-state index in [2.05, 4.69) is 6.92 Å². The molecular formula is C16H23NO2S. The maximum absolute atomic E-state index is 12.4. The van der Waals surface area contributed by atoms with Crippen LogP contribution in [0.15, 0.2) is 29.2 Å². The van der Waals surface area contributed by atoms with Crippen molar-refractivity contribution in [1.82, 2.24) is 4.90 Å². The number of carbonyl (C=O) groups excluding carboxylic acids is 1. The van der Waals surface area contributed by atoms with Gasteiger partial charge in [-0.25, -0.2) is 0 Å². The normalized spacial score (nSPS) is 17.9. The third-order valence-electron chi connectivity index (χ3n) is 3.80. The predicted molar refractivity (Wildman–Crippen MR) is 83.3 cm³/mol. The largest absolute Gasteiger partial charge is 0.497 e. The number of ether oxygens (including phenoxy) is 1. The van der Waals surface area contributed by atoms with Gasteiger partial charge in [0, 0.05) is 18.0 Å². The van der Waals surface area contributed by atoms with Gasteiger partial charge in [0.25, 0.3) is 0 Å². The molecule has 20 heavy (non-hydrogen) atoms. The summed E-state index contributed by atoms with van der Waals surface area (Å²) in [6.45, 7) is 6.06. The van der Waals surface area contributed by atoms with Crippen molar-refractivity contribution in [3.05, 3.63) is 24.3 Å². The van der Waals surface area contributed by atoms with Crippen LogP contribution in [0.2, 0.25) is 0 Å². The summed E-state index contributed by atoms with van der Waals surface area (Å²) in [5.41, 5.74) is 0. The van der Waals surface area contributed by atoms with Crippen LogP contribution in [0.4, 0.5) is 0 Å². The fraction of sp³-hybridized carbons (Fsp3) is 0.562. The van der Waals surface area contributed by atoms with Gasteiger partial charge < -0.3 is 9.64 Å². The summed E-state index contributed by atoms with van der Waals surface area (Å²) in [7, 11) is 1.66. The minimum Gasteiger partial charge on any atom is -0.497 e. The van der Waals surface area contributed by atoms with Gasteiger partial charge in [-0.15, -0.1) is 11.8 Å².